The maximum atomic E-state index is 13.7. The van der Waals surface area contributed by atoms with Crippen molar-refractivity contribution in [2.45, 2.75) is 44.7 Å². The van der Waals surface area contributed by atoms with Gasteiger partial charge in [0.25, 0.3) is 0 Å². The van der Waals surface area contributed by atoms with E-state index in [2.05, 4.69) is 5.32 Å². The Balaban J connectivity index is 1.92. The molecule has 1 fully saturated rings. The van der Waals surface area contributed by atoms with Gasteiger partial charge >= 0.3 is 5.97 Å². The number of carbonyl (C=O) groups is 1. The van der Waals surface area contributed by atoms with Crippen LogP contribution in [0.25, 0.3) is 0 Å². The minimum absolute atomic E-state index is 0.156. The number of carboxylic acids is 1. The second kappa shape index (κ2) is 5.79. The van der Waals surface area contributed by atoms with Gasteiger partial charge in [-0.1, -0.05) is 12.1 Å². The van der Waals surface area contributed by atoms with E-state index in [0.717, 1.165) is 12.8 Å². The number of carboxylic acid groups (broad SMARTS) is 1. The third-order valence-corrected chi connectivity index (χ3v) is 3.59. The third-order valence-electron chi connectivity index (χ3n) is 3.59. The zero-order chi connectivity index (χ0) is 14.8. The predicted molar refractivity (Wildman–Crippen MR) is 73.4 cm³/mol. The van der Waals surface area contributed by atoms with Gasteiger partial charge in [-0.05, 0) is 38.3 Å². The number of rotatable bonds is 7. The van der Waals surface area contributed by atoms with Gasteiger partial charge in [-0.25, -0.2) is 4.39 Å². The number of nitrogens with one attached hydrogen (secondary N) is 1. The highest BCUT2D eigenvalue weighted by Crippen LogP contribution is 2.25. The summed E-state index contributed by atoms with van der Waals surface area (Å²) >= 11 is 0. The van der Waals surface area contributed by atoms with E-state index in [1.54, 1.807) is 32.0 Å². The Bertz CT molecular complexity index is 502. The Morgan fingerprint density at radius 3 is 2.85 bits per heavy atom. The standard InChI is InChI=1S/C15H20FNO3/c1-10-4-3-5-12(13(10)16)20-9-8-15(2,14(18)19)17-11-6-7-11/h3-5,11,17H,6-9H2,1-2H3,(H,18,19). The van der Waals surface area contributed by atoms with E-state index in [9.17, 15) is 14.3 Å². The first-order valence-electron chi connectivity index (χ1n) is 6.81. The van der Waals surface area contributed by atoms with Crippen LogP contribution in [0.1, 0.15) is 31.7 Å². The van der Waals surface area contributed by atoms with Gasteiger partial charge in [0, 0.05) is 12.5 Å². The highest BCUT2D eigenvalue weighted by Gasteiger charge is 2.38. The molecule has 110 valence electrons. The number of ether oxygens (including phenoxy) is 1. The van der Waals surface area contributed by atoms with Crippen molar-refractivity contribution >= 4 is 5.97 Å². The molecular weight excluding hydrogens is 261 g/mol. The molecule has 0 bridgehead atoms. The van der Waals surface area contributed by atoms with E-state index in [-0.39, 0.29) is 30.6 Å². The van der Waals surface area contributed by atoms with Crippen LogP contribution in [-0.2, 0) is 4.79 Å². The van der Waals surface area contributed by atoms with Crippen molar-refractivity contribution in [3.05, 3.63) is 29.6 Å². The van der Waals surface area contributed by atoms with Crippen LogP contribution in [0.4, 0.5) is 4.39 Å². The first-order valence-corrected chi connectivity index (χ1v) is 6.81. The lowest BCUT2D eigenvalue weighted by Gasteiger charge is -2.26. The zero-order valence-electron chi connectivity index (χ0n) is 11.8. The van der Waals surface area contributed by atoms with Crippen LogP contribution >= 0.6 is 0 Å². The second-order valence-electron chi connectivity index (χ2n) is 5.54. The lowest BCUT2D eigenvalue weighted by Crippen LogP contribution is -2.51. The molecule has 1 saturated carbocycles. The molecule has 0 aromatic heterocycles. The first-order chi connectivity index (χ1) is 9.42. The Morgan fingerprint density at radius 2 is 2.25 bits per heavy atom. The molecule has 1 unspecified atom stereocenters. The third kappa shape index (κ3) is 3.48. The summed E-state index contributed by atoms with van der Waals surface area (Å²) in [6.45, 7) is 3.46. The Morgan fingerprint density at radius 1 is 1.55 bits per heavy atom. The second-order valence-corrected chi connectivity index (χ2v) is 5.54. The van der Waals surface area contributed by atoms with Crippen molar-refractivity contribution in [3.8, 4) is 5.75 Å². The van der Waals surface area contributed by atoms with Crippen LogP contribution < -0.4 is 10.1 Å². The molecule has 20 heavy (non-hydrogen) atoms. The zero-order valence-corrected chi connectivity index (χ0v) is 11.8. The van der Waals surface area contributed by atoms with Crippen molar-refractivity contribution in [1.29, 1.82) is 0 Å². The molecule has 1 aliphatic rings. The van der Waals surface area contributed by atoms with E-state index in [1.807, 2.05) is 0 Å². The van der Waals surface area contributed by atoms with Gasteiger partial charge in [0.2, 0.25) is 0 Å². The van der Waals surface area contributed by atoms with Gasteiger partial charge in [-0.15, -0.1) is 0 Å². The average Bonchev–Trinajstić information content (AvgIpc) is 3.18. The van der Waals surface area contributed by atoms with Gasteiger partial charge in [0.1, 0.15) is 5.54 Å². The van der Waals surface area contributed by atoms with E-state index in [0.29, 0.717) is 5.56 Å². The topological polar surface area (TPSA) is 58.6 Å². The smallest absolute Gasteiger partial charge is 0.323 e. The Kier molecular flexibility index (Phi) is 4.28. The van der Waals surface area contributed by atoms with Crippen LogP contribution in [0.3, 0.4) is 0 Å². The molecule has 1 atom stereocenters. The van der Waals surface area contributed by atoms with E-state index in [1.165, 1.54) is 0 Å². The van der Waals surface area contributed by atoms with Crippen LogP contribution in [-0.4, -0.2) is 29.3 Å². The molecule has 4 nitrogen and oxygen atoms in total. The highest BCUT2D eigenvalue weighted by atomic mass is 19.1. The summed E-state index contributed by atoms with van der Waals surface area (Å²) in [5.74, 6) is -1.12. The average molecular weight is 281 g/mol. The summed E-state index contributed by atoms with van der Waals surface area (Å²) in [4.78, 5) is 11.4. The number of hydrogen-bond donors (Lipinski definition) is 2. The largest absolute Gasteiger partial charge is 0.490 e. The number of benzene rings is 1. The molecular formula is C15H20FNO3. The summed E-state index contributed by atoms with van der Waals surface area (Å²) in [5.41, 5.74) is -0.513. The van der Waals surface area contributed by atoms with Crippen LogP contribution in [0.2, 0.25) is 0 Å². The minimum atomic E-state index is -1.03. The summed E-state index contributed by atoms with van der Waals surface area (Å²) in [6, 6.07) is 5.21. The SMILES string of the molecule is Cc1cccc(OCCC(C)(NC2CC2)C(=O)O)c1F. The number of halogens is 1. The molecule has 0 amide bonds. The fraction of sp³-hybridized carbons (Fsp3) is 0.533. The molecule has 2 N–H and O–H groups in total. The monoisotopic (exact) mass is 281 g/mol. The molecule has 0 spiro atoms. The van der Waals surface area contributed by atoms with E-state index in [4.69, 9.17) is 4.74 Å². The number of aliphatic carboxylic acids is 1. The maximum Gasteiger partial charge on any atom is 0.323 e. The van der Waals surface area contributed by atoms with Crippen molar-refractivity contribution in [3.63, 3.8) is 0 Å². The summed E-state index contributed by atoms with van der Waals surface area (Å²) < 4.78 is 19.1. The fourth-order valence-electron chi connectivity index (χ4n) is 2.02. The van der Waals surface area contributed by atoms with Crippen LogP contribution in [0.15, 0.2) is 18.2 Å². The lowest BCUT2D eigenvalue weighted by molar-refractivity contribution is -0.144. The molecule has 0 aliphatic heterocycles. The molecule has 0 saturated heterocycles. The van der Waals surface area contributed by atoms with E-state index >= 15 is 0 Å². The first kappa shape index (κ1) is 14.8. The predicted octanol–water partition coefficient (Wildman–Crippen LogP) is 2.50. The van der Waals surface area contributed by atoms with Gasteiger partial charge in [0.15, 0.2) is 11.6 Å². The summed E-state index contributed by atoms with van der Waals surface area (Å²) in [7, 11) is 0. The fourth-order valence-corrected chi connectivity index (χ4v) is 2.02. The number of aryl methyl sites for hydroxylation is 1. The summed E-state index contributed by atoms with van der Waals surface area (Å²) in [5, 5.41) is 12.4. The molecule has 2 rings (SSSR count). The lowest BCUT2D eigenvalue weighted by atomic mass is 9.98. The van der Waals surface area contributed by atoms with Crippen LogP contribution in [0, 0.1) is 12.7 Å². The molecule has 5 heteroatoms. The highest BCUT2D eigenvalue weighted by molar-refractivity contribution is 5.78. The normalized spacial score (nSPS) is 17.6. The molecule has 0 radical (unpaired) electrons. The summed E-state index contributed by atoms with van der Waals surface area (Å²) in [6.07, 6.45) is 2.30. The van der Waals surface area contributed by atoms with Gasteiger partial charge in [-0.2, -0.15) is 0 Å². The van der Waals surface area contributed by atoms with Crippen molar-refractivity contribution in [1.82, 2.24) is 5.32 Å². The van der Waals surface area contributed by atoms with Crippen molar-refractivity contribution in [2.75, 3.05) is 6.61 Å². The van der Waals surface area contributed by atoms with Crippen LogP contribution in [0.5, 0.6) is 5.75 Å². The Labute approximate surface area is 117 Å². The molecule has 1 aromatic carbocycles. The number of hydrogen-bond acceptors (Lipinski definition) is 3. The quantitative estimate of drug-likeness (QED) is 0.806. The Hall–Kier alpha value is -1.62. The molecule has 1 aliphatic carbocycles. The van der Waals surface area contributed by atoms with Gasteiger partial charge < -0.3 is 9.84 Å². The van der Waals surface area contributed by atoms with Gasteiger partial charge in [0.05, 0.1) is 6.61 Å². The van der Waals surface area contributed by atoms with E-state index < -0.39 is 11.5 Å². The molecule has 1 aromatic rings. The van der Waals surface area contributed by atoms with Crippen molar-refractivity contribution in [2.24, 2.45) is 0 Å². The maximum absolute atomic E-state index is 13.7. The van der Waals surface area contributed by atoms with Gasteiger partial charge in [-0.3, -0.25) is 10.1 Å². The minimum Gasteiger partial charge on any atom is -0.490 e. The molecule has 0 heterocycles. The van der Waals surface area contributed by atoms with Crippen molar-refractivity contribution < 1.29 is 19.0 Å².